The van der Waals surface area contributed by atoms with Gasteiger partial charge in [0, 0.05) is 12.2 Å². The predicted molar refractivity (Wildman–Crippen MR) is 96.0 cm³/mol. The number of carbonyl (C=O) groups excluding carboxylic acids is 2. The lowest BCUT2D eigenvalue weighted by Gasteiger charge is -2.07. The number of thiazole rings is 1. The van der Waals surface area contributed by atoms with Gasteiger partial charge in [0.15, 0.2) is 0 Å². The van der Waals surface area contributed by atoms with Crippen molar-refractivity contribution >= 4 is 39.1 Å². The molecule has 0 unspecified atom stereocenters. The van der Waals surface area contributed by atoms with Crippen molar-refractivity contribution in [2.24, 2.45) is 0 Å². The second-order valence-corrected chi connectivity index (χ2v) is 6.78. The monoisotopic (exact) mass is 339 g/mol. The van der Waals surface area contributed by atoms with Gasteiger partial charge in [0.1, 0.15) is 0 Å². The molecule has 1 heterocycles. The normalized spacial score (nSPS) is 10.6. The highest BCUT2D eigenvalue weighted by Crippen LogP contribution is 2.24. The average Bonchev–Trinajstić information content (AvgIpc) is 2.92. The quantitative estimate of drug-likeness (QED) is 0.720. The SMILES string of the molecule is Cc1cccc(CNC(=O)C(=O)Nc2ccc3nc(C)sc3c2)c1. The first-order valence-corrected chi connectivity index (χ1v) is 8.35. The maximum atomic E-state index is 12.0. The standard InChI is InChI=1S/C18H17N3O2S/c1-11-4-3-5-13(8-11)10-19-17(22)18(23)21-14-6-7-15-16(9-14)24-12(2)20-15/h3-9H,10H2,1-2H3,(H,19,22)(H,21,23). The van der Waals surface area contributed by atoms with Gasteiger partial charge in [-0.2, -0.15) is 0 Å². The fourth-order valence-electron chi connectivity index (χ4n) is 2.39. The molecule has 0 radical (unpaired) electrons. The molecule has 0 saturated carbocycles. The molecule has 6 heteroatoms. The second-order valence-electron chi connectivity index (χ2n) is 5.54. The average molecular weight is 339 g/mol. The molecule has 0 spiro atoms. The van der Waals surface area contributed by atoms with Crippen LogP contribution in [0.2, 0.25) is 0 Å². The van der Waals surface area contributed by atoms with E-state index in [4.69, 9.17) is 0 Å². The van der Waals surface area contributed by atoms with Gasteiger partial charge in [0.25, 0.3) is 0 Å². The zero-order valence-corrected chi connectivity index (χ0v) is 14.2. The van der Waals surface area contributed by atoms with Crippen molar-refractivity contribution < 1.29 is 9.59 Å². The summed E-state index contributed by atoms with van der Waals surface area (Å²) in [5.74, 6) is -1.33. The van der Waals surface area contributed by atoms with Crippen molar-refractivity contribution in [3.05, 3.63) is 58.6 Å². The predicted octanol–water partition coefficient (Wildman–Crippen LogP) is 3.17. The Morgan fingerprint density at radius 2 is 1.92 bits per heavy atom. The number of anilines is 1. The summed E-state index contributed by atoms with van der Waals surface area (Å²) in [6.45, 7) is 4.23. The third-order valence-corrected chi connectivity index (χ3v) is 4.43. The van der Waals surface area contributed by atoms with Crippen LogP contribution < -0.4 is 10.6 Å². The highest BCUT2D eigenvalue weighted by atomic mass is 32.1. The minimum atomic E-state index is -0.678. The Kier molecular flexibility index (Phi) is 4.57. The van der Waals surface area contributed by atoms with Gasteiger partial charge in [-0.1, -0.05) is 29.8 Å². The highest BCUT2D eigenvalue weighted by Gasteiger charge is 2.14. The Hall–Kier alpha value is -2.73. The van der Waals surface area contributed by atoms with Crippen molar-refractivity contribution in [2.75, 3.05) is 5.32 Å². The van der Waals surface area contributed by atoms with Crippen LogP contribution in [0.25, 0.3) is 10.2 Å². The van der Waals surface area contributed by atoms with Crippen molar-refractivity contribution in [3.63, 3.8) is 0 Å². The Bertz CT molecular complexity index is 918. The lowest BCUT2D eigenvalue weighted by molar-refractivity contribution is -0.136. The fourth-order valence-corrected chi connectivity index (χ4v) is 3.26. The van der Waals surface area contributed by atoms with Crippen molar-refractivity contribution in [3.8, 4) is 0 Å². The first-order chi connectivity index (χ1) is 11.5. The summed E-state index contributed by atoms with van der Waals surface area (Å²) in [6.07, 6.45) is 0. The van der Waals surface area contributed by atoms with Gasteiger partial charge in [-0.3, -0.25) is 9.59 Å². The maximum absolute atomic E-state index is 12.0. The summed E-state index contributed by atoms with van der Waals surface area (Å²) < 4.78 is 0.977. The van der Waals surface area contributed by atoms with E-state index in [9.17, 15) is 9.59 Å². The smallest absolute Gasteiger partial charge is 0.313 e. The van der Waals surface area contributed by atoms with E-state index in [1.165, 1.54) is 0 Å². The number of benzene rings is 2. The van der Waals surface area contributed by atoms with Crippen molar-refractivity contribution in [1.29, 1.82) is 0 Å². The topological polar surface area (TPSA) is 71.1 Å². The summed E-state index contributed by atoms with van der Waals surface area (Å²) in [6, 6.07) is 13.2. The number of amides is 2. The summed E-state index contributed by atoms with van der Waals surface area (Å²) in [5, 5.41) is 6.21. The molecule has 5 nitrogen and oxygen atoms in total. The van der Waals surface area contributed by atoms with Crippen LogP contribution in [0.5, 0.6) is 0 Å². The summed E-state index contributed by atoms with van der Waals surface area (Å²) in [4.78, 5) is 28.3. The molecule has 0 bridgehead atoms. The molecule has 0 aliphatic heterocycles. The zero-order chi connectivity index (χ0) is 17.1. The molecule has 0 fully saturated rings. The number of aryl methyl sites for hydroxylation is 2. The molecule has 0 atom stereocenters. The largest absolute Gasteiger partial charge is 0.344 e. The molecule has 2 aromatic carbocycles. The van der Waals surface area contributed by atoms with Crippen LogP contribution in [0.15, 0.2) is 42.5 Å². The van der Waals surface area contributed by atoms with Crippen LogP contribution in [-0.4, -0.2) is 16.8 Å². The van der Waals surface area contributed by atoms with E-state index in [-0.39, 0.29) is 0 Å². The van der Waals surface area contributed by atoms with E-state index in [1.807, 2.05) is 50.2 Å². The van der Waals surface area contributed by atoms with Gasteiger partial charge in [-0.15, -0.1) is 11.3 Å². The molecule has 0 saturated heterocycles. The molecule has 2 amide bonds. The molecular weight excluding hydrogens is 322 g/mol. The third-order valence-electron chi connectivity index (χ3n) is 3.50. The van der Waals surface area contributed by atoms with E-state index < -0.39 is 11.8 Å². The van der Waals surface area contributed by atoms with E-state index in [0.29, 0.717) is 12.2 Å². The minimum Gasteiger partial charge on any atom is -0.344 e. The fraction of sp³-hybridized carbons (Fsp3) is 0.167. The lowest BCUT2D eigenvalue weighted by atomic mass is 10.1. The number of hydrogen-bond acceptors (Lipinski definition) is 4. The Morgan fingerprint density at radius 3 is 2.71 bits per heavy atom. The van der Waals surface area contributed by atoms with E-state index >= 15 is 0 Å². The van der Waals surface area contributed by atoms with Crippen LogP contribution in [0.4, 0.5) is 5.69 Å². The number of rotatable bonds is 3. The van der Waals surface area contributed by atoms with Crippen molar-refractivity contribution in [1.82, 2.24) is 10.3 Å². The molecule has 1 aromatic heterocycles. The van der Waals surface area contributed by atoms with Gasteiger partial charge in [0.2, 0.25) is 0 Å². The van der Waals surface area contributed by atoms with Crippen LogP contribution in [-0.2, 0) is 16.1 Å². The number of aromatic nitrogens is 1. The van der Waals surface area contributed by atoms with Gasteiger partial charge in [-0.25, -0.2) is 4.98 Å². The Labute approximate surface area is 143 Å². The third kappa shape index (κ3) is 3.78. The van der Waals surface area contributed by atoms with Gasteiger partial charge < -0.3 is 10.6 Å². The van der Waals surface area contributed by atoms with Gasteiger partial charge in [0.05, 0.1) is 15.2 Å². The highest BCUT2D eigenvalue weighted by molar-refractivity contribution is 7.18. The minimum absolute atomic E-state index is 0.320. The van der Waals surface area contributed by atoms with E-state index in [2.05, 4.69) is 15.6 Å². The van der Waals surface area contributed by atoms with Crippen LogP contribution in [0, 0.1) is 13.8 Å². The molecule has 24 heavy (non-hydrogen) atoms. The van der Waals surface area contributed by atoms with E-state index in [0.717, 1.165) is 26.4 Å². The first-order valence-electron chi connectivity index (χ1n) is 7.53. The maximum Gasteiger partial charge on any atom is 0.313 e. The van der Waals surface area contributed by atoms with Crippen LogP contribution >= 0.6 is 11.3 Å². The van der Waals surface area contributed by atoms with Gasteiger partial charge in [-0.05, 0) is 37.6 Å². The van der Waals surface area contributed by atoms with Crippen LogP contribution in [0.3, 0.4) is 0 Å². The molecule has 3 aromatic rings. The lowest BCUT2D eigenvalue weighted by Crippen LogP contribution is -2.34. The number of nitrogens with one attached hydrogen (secondary N) is 2. The van der Waals surface area contributed by atoms with Gasteiger partial charge >= 0.3 is 11.8 Å². The number of carbonyl (C=O) groups is 2. The molecule has 0 aliphatic carbocycles. The number of nitrogens with zero attached hydrogens (tertiary/aromatic N) is 1. The van der Waals surface area contributed by atoms with Crippen LogP contribution in [0.1, 0.15) is 16.1 Å². The number of fused-ring (bicyclic) bond motifs is 1. The summed E-state index contributed by atoms with van der Waals surface area (Å²) in [5.41, 5.74) is 3.54. The number of hydrogen-bond donors (Lipinski definition) is 2. The second kappa shape index (κ2) is 6.80. The molecule has 3 rings (SSSR count). The summed E-state index contributed by atoms with van der Waals surface area (Å²) in [7, 11) is 0. The molecule has 0 aliphatic rings. The Balaban J connectivity index is 1.61. The first kappa shape index (κ1) is 16.1. The zero-order valence-electron chi connectivity index (χ0n) is 13.4. The molecular formula is C18H17N3O2S. The van der Waals surface area contributed by atoms with Crippen molar-refractivity contribution in [2.45, 2.75) is 20.4 Å². The molecule has 122 valence electrons. The summed E-state index contributed by atoms with van der Waals surface area (Å²) >= 11 is 1.55. The van der Waals surface area contributed by atoms with E-state index in [1.54, 1.807) is 17.4 Å². The Morgan fingerprint density at radius 1 is 1.08 bits per heavy atom. The molecule has 2 N–H and O–H groups in total.